The van der Waals surface area contributed by atoms with Crippen molar-refractivity contribution in [3.05, 3.63) is 23.7 Å². The van der Waals surface area contributed by atoms with Crippen LogP contribution in [0, 0.1) is 0 Å². The van der Waals surface area contributed by atoms with Gasteiger partial charge in [0, 0.05) is 12.6 Å². The molecule has 1 unspecified atom stereocenters. The van der Waals surface area contributed by atoms with E-state index in [1.165, 1.54) is 19.8 Å². The molecule has 1 fully saturated rings. The van der Waals surface area contributed by atoms with E-state index in [1.807, 2.05) is 0 Å². The summed E-state index contributed by atoms with van der Waals surface area (Å²) in [6.45, 7) is 1.78. The number of nitrogens with zero attached hydrogens (tertiary/aromatic N) is 1. The van der Waals surface area contributed by atoms with Crippen LogP contribution < -0.4 is 0 Å². The quantitative estimate of drug-likeness (QED) is 0.824. The maximum atomic E-state index is 11.6. The standard InChI is InChI=1S/C14H21NO4/c1-18-14(17)12-6-9-19-13(12)10-15-7-3-2-4-11(15)5-8-16/h6,9,11,16H,2-5,7-8,10H2,1H3. The second-order valence-electron chi connectivity index (χ2n) is 4.88. The zero-order valence-electron chi connectivity index (χ0n) is 11.3. The number of carbonyl (C=O) groups is 1. The van der Waals surface area contributed by atoms with E-state index < -0.39 is 0 Å². The van der Waals surface area contributed by atoms with Crippen molar-refractivity contribution in [2.24, 2.45) is 0 Å². The predicted molar refractivity (Wildman–Crippen MR) is 69.8 cm³/mol. The summed E-state index contributed by atoms with van der Waals surface area (Å²) < 4.78 is 10.2. The number of piperidine rings is 1. The number of carbonyl (C=O) groups excluding carboxylic acids is 1. The minimum Gasteiger partial charge on any atom is -0.467 e. The second-order valence-corrected chi connectivity index (χ2v) is 4.88. The Kier molecular flexibility index (Phi) is 4.99. The number of furan rings is 1. The lowest BCUT2D eigenvalue weighted by Gasteiger charge is -2.34. The molecule has 0 aliphatic carbocycles. The Labute approximate surface area is 113 Å². The summed E-state index contributed by atoms with van der Waals surface area (Å²) in [5.41, 5.74) is 0.496. The van der Waals surface area contributed by atoms with Crippen molar-refractivity contribution in [2.45, 2.75) is 38.3 Å². The molecule has 0 bridgehead atoms. The van der Waals surface area contributed by atoms with Gasteiger partial charge >= 0.3 is 5.97 Å². The number of rotatable bonds is 5. The van der Waals surface area contributed by atoms with Crippen LogP contribution in [0.15, 0.2) is 16.7 Å². The van der Waals surface area contributed by atoms with Crippen molar-refractivity contribution in [3.8, 4) is 0 Å². The second kappa shape index (κ2) is 6.73. The molecule has 0 saturated carbocycles. The van der Waals surface area contributed by atoms with Crippen molar-refractivity contribution in [1.82, 2.24) is 4.90 Å². The highest BCUT2D eigenvalue weighted by Crippen LogP contribution is 2.23. The first kappa shape index (κ1) is 14.1. The molecule has 2 rings (SSSR count). The molecule has 5 heteroatoms. The van der Waals surface area contributed by atoms with Crippen LogP contribution >= 0.6 is 0 Å². The van der Waals surface area contributed by atoms with Gasteiger partial charge < -0.3 is 14.3 Å². The monoisotopic (exact) mass is 267 g/mol. The van der Waals surface area contributed by atoms with E-state index >= 15 is 0 Å². The van der Waals surface area contributed by atoms with Gasteiger partial charge in [0.05, 0.1) is 19.9 Å². The summed E-state index contributed by atoms with van der Waals surface area (Å²) in [5.74, 6) is 0.288. The molecule has 0 amide bonds. The Balaban J connectivity index is 2.06. The Bertz CT molecular complexity index is 413. The van der Waals surface area contributed by atoms with Gasteiger partial charge in [-0.2, -0.15) is 0 Å². The molecule has 1 aromatic heterocycles. The molecule has 1 aromatic rings. The Morgan fingerprint density at radius 1 is 1.58 bits per heavy atom. The predicted octanol–water partition coefficient (Wildman–Crippen LogP) is 1.80. The number of methoxy groups -OCH3 is 1. The van der Waals surface area contributed by atoms with Crippen LogP contribution in [0.1, 0.15) is 41.8 Å². The average Bonchev–Trinajstić information content (AvgIpc) is 2.88. The molecule has 1 aliphatic heterocycles. The Morgan fingerprint density at radius 2 is 2.42 bits per heavy atom. The van der Waals surface area contributed by atoms with Gasteiger partial charge in [0.15, 0.2) is 0 Å². The van der Waals surface area contributed by atoms with Crippen molar-refractivity contribution < 1.29 is 19.1 Å². The molecule has 19 heavy (non-hydrogen) atoms. The summed E-state index contributed by atoms with van der Waals surface area (Å²) in [6.07, 6.45) is 5.73. The third-order valence-corrected chi connectivity index (χ3v) is 3.71. The van der Waals surface area contributed by atoms with E-state index in [2.05, 4.69) is 4.90 Å². The van der Waals surface area contributed by atoms with Crippen molar-refractivity contribution >= 4 is 5.97 Å². The van der Waals surface area contributed by atoms with Crippen LogP contribution in [0.25, 0.3) is 0 Å². The zero-order chi connectivity index (χ0) is 13.7. The molecule has 106 valence electrons. The van der Waals surface area contributed by atoms with Crippen LogP contribution in [-0.2, 0) is 11.3 Å². The van der Waals surface area contributed by atoms with Crippen LogP contribution in [0.3, 0.4) is 0 Å². The number of ether oxygens (including phenoxy) is 1. The highest BCUT2D eigenvalue weighted by atomic mass is 16.5. The highest BCUT2D eigenvalue weighted by Gasteiger charge is 2.25. The third-order valence-electron chi connectivity index (χ3n) is 3.71. The van der Waals surface area contributed by atoms with Crippen molar-refractivity contribution in [2.75, 3.05) is 20.3 Å². The maximum Gasteiger partial charge on any atom is 0.341 e. The summed E-state index contributed by atoms with van der Waals surface area (Å²) >= 11 is 0. The Morgan fingerprint density at radius 3 is 3.16 bits per heavy atom. The van der Waals surface area contributed by atoms with Crippen molar-refractivity contribution in [3.63, 3.8) is 0 Å². The molecule has 0 aromatic carbocycles. The summed E-state index contributed by atoms with van der Waals surface area (Å²) in [5, 5.41) is 9.12. The van der Waals surface area contributed by atoms with E-state index in [9.17, 15) is 4.79 Å². The van der Waals surface area contributed by atoms with Gasteiger partial charge in [0.25, 0.3) is 0 Å². The first-order valence-electron chi connectivity index (χ1n) is 6.76. The molecule has 0 radical (unpaired) electrons. The fourth-order valence-electron chi connectivity index (χ4n) is 2.68. The lowest BCUT2D eigenvalue weighted by molar-refractivity contribution is 0.0591. The van der Waals surface area contributed by atoms with Gasteiger partial charge in [-0.3, -0.25) is 4.90 Å². The molecule has 1 atom stereocenters. The van der Waals surface area contributed by atoms with Gasteiger partial charge in [-0.15, -0.1) is 0 Å². The van der Waals surface area contributed by atoms with E-state index in [-0.39, 0.29) is 12.6 Å². The number of aliphatic hydroxyl groups excluding tert-OH is 1. The van der Waals surface area contributed by atoms with E-state index in [4.69, 9.17) is 14.3 Å². The zero-order valence-corrected chi connectivity index (χ0v) is 11.3. The van der Waals surface area contributed by atoms with E-state index in [0.29, 0.717) is 23.9 Å². The van der Waals surface area contributed by atoms with Crippen LogP contribution in [-0.4, -0.2) is 42.3 Å². The maximum absolute atomic E-state index is 11.6. The van der Waals surface area contributed by atoms with Gasteiger partial charge in [-0.1, -0.05) is 6.42 Å². The normalized spacial score (nSPS) is 20.4. The molecule has 1 N–H and O–H groups in total. The first-order valence-corrected chi connectivity index (χ1v) is 6.76. The molecule has 2 heterocycles. The minimum absolute atomic E-state index is 0.198. The summed E-state index contributed by atoms with van der Waals surface area (Å²) in [4.78, 5) is 13.9. The number of esters is 1. The number of aliphatic hydroxyl groups is 1. The lowest BCUT2D eigenvalue weighted by atomic mass is 9.99. The van der Waals surface area contributed by atoms with Crippen LogP contribution in [0.4, 0.5) is 0 Å². The molecule has 0 spiro atoms. The molecule has 1 saturated heterocycles. The van der Waals surface area contributed by atoms with E-state index in [1.54, 1.807) is 6.07 Å². The smallest absolute Gasteiger partial charge is 0.341 e. The highest BCUT2D eigenvalue weighted by molar-refractivity contribution is 5.90. The number of likely N-dealkylation sites (tertiary alicyclic amines) is 1. The SMILES string of the molecule is COC(=O)c1ccoc1CN1CCCCC1CCO. The number of hydrogen-bond donors (Lipinski definition) is 1. The Hall–Kier alpha value is -1.33. The molecule has 1 aliphatic rings. The fraction of sp³-hybridized carbons (Fsp3) is 0.643. The fourth-order valence-corrected chi connectivity index (χ4v) is 2.68. The van der Waals surface area contributed by atoms with Crippen LogP contribution in [0.2, 0.25) is 0 Å². The largest absolute Gasteiger partial charge is 0.467 e. The summed E-state index contributed by atoms with van der Waals surface area (Å²) in [7, 11) is 1.37. The third kappa shape index (κ3) is 3.36. The average molecular weight is 267 g/mol. The van der Waals surface area contributed by atoms with Crippen molar-refractivity contribution in [1.29, 1.82) is 0 Å². The van der Waals surface area contributed by atoms with Gasteiger partial charge in [-0.25, -0.2) is 4.79 Å². The first-order chi connectivity index (χ1) is 9.26. The minimum atomic E-state index is -0.362. The molecule has 5 nitrogen and oxygen atoms in total. The van der Waals surface area contributed by atoms with E-state index in [0.717, 1.165) is 25.8 Å². The summed E-state index contributed by atoms with van der Waals surface area (Å²) in [6, 6.07) is 2.01. The van der Waals surface area contributed by atoms with Gasteiger partial charge in [-0.05, 0) is 31.9 Å². The number of hydrogen-bond acceptors (Lipinski definition) is 5. The molecular formula is C14H21NO4. The van der Waals surface area contributed by atoms with Gasteiger partial charge in [0.1, 0.15) is 11.3 Å². The topological polar surface area (TPSA) is 62.9 Å². The van der Waals surface area contributed by atoms with Gasteiger partial charge in [0.2, 0.25) is 0 Å². The van der Waals surface area contributed by atoms with Crippen LogP contribution in [0.5, 0.6) is 0 Å². The lowest BCUT2D eigenvalue weighted by Crippen LogP contribution is -2.39. The molecular weight excluding hydrogens is 246 g/mol.